The Morgan fingerprint density at radius 1 is 1.31 bits per heavy atom. The summed E-state index contributed by atoms with van der Waals surface area (Å²) in [5, 5.41) is 12.5. The molecule has 1 aromatic heterocycles. The highest BCUT2D eigenvalue weighted by Gasteiger charge is 1.99. The van der Waals surface area contributed by atoms with Gasteiger partial charge in [-0.25, -0.2) is 4.98 Å². The number of aromatic hydroxyl groups is 1. The van der Waals surface area contributed by atoms with Crippen molar-refractivity contribution < 1.29 is 5.11 Å². The number of rotatable bonds is 3. The minimum Gasteiger partial charge on any atom is -0.506 e. The zero-order valence-corrected chi connectivity index (χ0v) is 8.59. The third kappa shape index (κ3) is 2.38. The zero-order valence-electron chi connectivity index (χ0n) is 8.59. The number of benzene rings is 1. The number of phenolic OH excluding ortho intramolecular Hbond substituents is 1. The molecule has 0 unspecified atom stereocenters. The van der Waals surface area contributed by atoms with Gasteiger partial charge in [0.25, 0.3) is 0 Å². The van der Waals surface area contributed by atoms with Gasteiger partial charge in [-0.1, -0.05) is 6.07 Å². The van der Waals surface area contributed by atoms with Crippen molar-refractivity contribution in [2.75, 3.05) is 11.1 Å². The van der Waals surface area contributed by atoms with Gasteiger partial charge in [0.05, 0.1) is 11.9 Å². The van der Waals surface area contributed by atoms with Crippen molar-refractivity contribution in [1.29, 1.82) is 0 Å². The lowest BCUT2D eigenvalue weighted by atomic mass is 10.2. The van der Waals surface area contributed by atoms with Crippen molar-refractivity contribution in [2.24, 2.45) is 0 Å². The van der Waals surface area contributed by atoms with E-state index in [2.05, 4.69) is 15.3 Å². The highest BCUT2D eigenvalue weighted by atomic mass is 16.3. The van der Waals surface area contributed by atoms with Crippen LogP contribution < -0.4 is 11.1 Å². The monoisotopic (exact) mass is 216 g/mol. The Hall–Kier alpha value is -2.30. The van der Waals surface area contributed by atoms with Gasteiger partial charge < -0.3 is 16.2 Å². The number of nitrogen functional groups attached to an aromatic ring is 1. The second-order valence-corrected chi connectivity index (χ2v) is 3.34. The van der Waals surface area contributed by atoms with Crippen molar-refractivity contribution in [3.63, 3.8) is 0 Å². The molecule has 0 saturated heterocycles. The van der Waals surface area contributed by atoms with E-state index in [1.165, 1.54) is 0 Å². The summed E-state index contributed by atoms with van der Waals surface area (Å²) in [5.41, 5.74) is 6.81. The van der Waals surface area contributed by atoms with E-state index < -0.39 is 0 Å². The lowest BCUT2D eigenvalue weighted by Gasteiger charge is -2.06. The first kappa shape index (κ1) is 10.2. The van der Waals surface area contributed by atoms with Crippen LogP contribution in [0.15, 0.2) is 36.8 Å². The molecule has 0 bridgehead atoms. The largest absolute Gasteiger partial charge is 0.506 e. The Bertz CT molecular complexity index is 473. The maximum Gasteiger partial charge on any atom is 0.144 e. The molecule has 4 N–H and O–H groups in total. The van der Waals surface area contributed by atoms with Gasteiger partial charge in [0, 0.05) is 18.9 Å². The lowest BCUT2D eigenvalue weighted by Crippen LogP contribution is -2.01. The van der Waals surface area contributed by atoms with Crippen LogP contribution in [0.1, 0.15) is 5.56 Å². The highest BCUT2D eigenvalue weighted by Crippen LogP contribution is 2.20. The SMILES string of the molecule is Nc1ccc(CNc2cnccn2)cc1O. The van der Waals surface area contributed by atoms with E-state index in [4.69, 9.17) is 5.73 Å². The van der Waals surface area contributed by atoms with Gasteiger partial charge in [0.1, 0.15) is 11.6 Å². The van der Waals surface area contributed by atoms with E-state index in [-0.39, 0.29) is 5.75 Å². The Kier molecular flexibility index (Phi) is 2.86. The van der Waals surface area contributed by atoms with E-state index in [1.54, 1.807) is 30.7 Å². The predicted octanol–water partition coefficient (Wildman–Crippen LogP) is 1.38. The third-order valence-electron chi connectivity index (χ3n) is 2.13. The second-order valence-electron chi connectivity index (χ2n) is 3.34. The molecule has 5 nitrogen and oxygen atoms in total. The Morgan fingerprint density at radius 3 is 2.88 bits per heavy atom. The average molecular weight is 216 g/mol. The number of anilines is 2. The quantitative estimate of drug-likeness (QED) is 0.533. The first-order valence-corrected chi connectivity index (χ1v) is 4.83. The molecule has 5 heteroatoms. The molecule has 1 aromatic carbocycles. The fraction of sp³-hybridized carbons (Fsp3) is 0.0909. The van der Waals surface area contributed by atoms with Crippen LogP contribution in [0, 0.1) is 0 Å². The van der Waals surface area contributed by atoms with E-state index >= 15 is 0 Å². The normalized spacial score (nSPS) is 10.0. The topological polar surface area (TPSA) is 84.1 Å². The van der Waals surface area contributed by atoms with E-state index in [1.807, 2.05) is 6.07 Å². The Labute approximate surface area is 93.0 Å². The van der Waals surface area contributed by atoms with Crippen LogP contribution in [0.25, 0.3) is 0 Å². The molecule has 16 heavy (non-hydrogen) atoms. The summed E-state index contributed by atoms with van der Waals surface area (Å²) < 4.78 is 0. The molecule has 0 saturated carbocycles. The number of aromatic nitrogens is 2. The van der Waals surface area contributed by atoms with Crippen LogP contribution >= 0.6 is 0 Å². The van der Waals surface area contributed by atoms with Gasteiger partial charge in [-0.15, -0.1) is 0 Å². The Balaban J connectivity index is 2.03. The Morgan fingerprint density at radius 2 is 2.19 bits per heavy atom. The summed E-state index contributed by atoms with van der Waals surface area (Å²) in [4.78, 5) is 8.01. The van der Waals surface area contributed by atoms with Gasteiger partial charge in [0.2, 0.25) is 0 Å². The summed E-state index contributed by atoms with van der Waals surface area (Å²) in [7, 11) is 0. The molecular weight excluding hydrogens is 204 g/mol. The van der Waals surface area contributed by atoms with Gasteiger partial charge in [-0.3, -0.25) is 4.98 Å². The number of nitrogens with one attached hydrogen (secondary N) is 1. The third-order valence-corrected chi connectivity index (χ3v) is 2.13. The van der Waals surface area contributed by atoms with Gasteiger partial charge in [-0.2, -0.15) is 0 Å². The molecule has 82 valence electrons. The fourth-order valence-electron chi connectivity index (χ4n) is 1.28. The zero-order chi connectivity index (χ0) is 11.4. The molecule has 0 aliphatic carbocycles. The number of nitrogens with two attached hydrogens (primary N) is 1. The van der Waals surface area contributed by atoms with Crippen molar-refractivity contribution in [1.82, 2.24) is 9.97 Å². The molecule has 0 radical (unpaired) electrons. The average Bonchev–Trinajstić information content (AvgIpc) is 2.32. The van der Waals surface area contributed by atoms with Crippen molar-refractivity contribution in [2.45, 2.75) is 6.54 Å². The van der Waals surface area contributed by atoms with Crippen LogP contribution in [-0.2, 0) is 6.54 Å². The summed E-state index contributed by atoms with van der Waals surface area (Å²) in [6.07, 6.45) is 4.86. The molecule has 2 rings (SSSR count). The summed E-state index contributed by atoms with van der Waals surface area (Å²) in [6, 6.07) is 5.14. The fourth-order valence-corrected chi connectivity index (χ4v) is 1.28. The van der Waals surface area contributed by atoms with E-state index in [0.717, 1.165) is 5.56 Å². The predicted molar refractivity (Wildman–Crippen MR) is 61.9 cm³/mol. The number of hydrogen-bond acceptors (Lipinski definition) is 5. The van der Waals surface area contributed by atoms with Crippen molar-refractivity contribution >= 4 is 11.5 Å². The summed E-state index contributed by atoms with van der Waals surface area (Å²) >= 11 is 0. The minimum atomic E-state index is 0.0958. The van der Waals surface area contributed by atoms with Crippen LogP contribution in [0.4, 0.5) is 11.5 Å². The minimum absolute atomic E-state index is 0.0958. The van der Waals surface area contributed by atoms with Crippen LogP contribution in [0.3, 0.4) is 0 Å². The first-order chi connectivity index (χ1) is 7.75. The van der Waals surface area contributed by atoms with Crippen molar-refractivity contribution in [3.05, 3.63) is 42.4 Å². The molecule has 0 aliphatic heterocycles. The maximum absolute atomic E-state index is 9.42. The van der Waals surface area contributed by atoms with Crippen molar-refractivity contribution in [3.8, 4) is 5.75 Å². The molecule has 0 atom stereocenters. The molecule has 0 fully saturated rings. The molecule has 2 aromatic rings. The molecule has 0 amide bonds. The van der Waals surface area contributed by atoms with Crippen LogP contribution in [0.5, 0.6) is 5.75 Å². The number of hydrogen-bond donors (Lipinski definition) is 3. The maximum atomic E-state index is 9.42. The standard InChI is InChI=1S/C11H12N4O/c12-9-2-1-8(5-10(9)16)6-15-11-7-13-3-4-14-11/h1-5,7,16H,6,12H2,(H,14,15). The van der Waals surface area contributed by atoms with E-state index in [0.29, 0.717) is 18.1 Å². The second kappa shape index (κ2) is 4.48. The first-order valence-electron chi connectivity index (χ1n) is 4.83. The lowest BCUT2D eigenvalue weighted by molar-refractivity contribution is 0.477. The van der Waals surface area contributed by atoms with Gasteiger partial charge in [0.15, 0.2) is 0 Å². The molecule has 1 heterocycles. The van der Waals surface area contributed by atoms with Gasteiger partial charge >= 0.3 is 0 Å². The summed E-state index contributed by atoms with van der Waals surface area (Å²) in [5.74, 6) is 0.789. The number of phenols is 1. The van der Waals surface area contributed by atoms with Crippen LogP contribution in [-0.4, -0.2) is 15.1 Å². The molecule has 0 spiro atoms. The molecular formula is C11H12N4O. The number of nitrogens with zero attached hydrogens (tertiary/aromatic N) is 2. The van der Waals surface area contributed by atoms with Crippen LogP contribution in [0.2, 0.25) is 0 Å². The van der Waals surface area contributed by atoms with Gasteiger partial charge in [-0.05, 0) is 17.7 Å². The molecule has 0 aliphatic rings. The summed E-state index contributed by atoms with van der Waals surface area (Å²) in [6.45, 7) is 0.562. The smallest absolute Gasteiger partial charge is 0.144 e. The highest BCUT2D eigenvalue weighted by molar-refractivity contribution is 5.53. The van der Waals surface area contributed by atoms with E-state index in [9.17, 15) is 5.11 Å².